The Balaban J connectivity index is 1.40. The molecule has 0 aromatic carbocycles. The first-order chi connectivity index (χ1) is 12.7. The summed E-state index contributed by atoms with van der Waals surface area (Å²) in [7, 11) is 0. The Hall–Kier alpha value is -1.66. The standard InChI is InChI=1S/C20H31N3O3/c1-16-7-9-21-13-17(16)5-4-11-23-10-3-2-6-19(23)15-26-20(24)22-18-8-12-25-14-18/h7,9,13,18-19H,2-6,8,10-12,14-15H2,1H3,(H,22,24)/t18-,19-/m0/s1. The quantitative estimate of drug-likeness (QED) is 0.809. The van der Waals surface area contributed by atoms with Crippen molar-refractivity contribution in [2.45, 2.75) is 57.5 Å². The molecule has 3 rings (SSSR count). The summed E-state index contributed by atoms with van der Waals surface area (Å²) in [6.45, 7) is 6.07. The summed E-state index contributed by atoms with van der Waals surface area (Å²) < 4.78 is 10.8. The van der Waals surface area contributed by atoms with E-state index in [1.165, 1.54) is 24.0 Å². The van der Waals surface area contributed by atoms with E-state index in [2.05, 4.69) is 28.2 Å². The molecule has 2 aliphatic rings. The maximum absolute atomic E-state index is 12.0. The average molecular weight is 361 g/mol. The van der Waals surface area contributed by atoms with E-state index in [4.69, 9.17) is 9.47 Å². The van der Waals surface area contributed by atoms with E-state index in [1.54, 1.807) is 0 Å². The number of alkyl carbamates (subject to hydrolysis) is 1. The van der Waals surface area contributed by atoms with Crippen molar-refractivity contribution in [3.8, 4) is 0 Å². The molecule has 0 aliphatic carbocycles. The zero-order valence-electron chi connectivity index (χ0n) is 15.8. The van der Waals surface area contributed by atoms with Crippen LogP contribution in [0.15, 0.2) is 18.5 Å². The summed E-state index contributed by atoms with van der Waals surface area (Å²) in [4.78, 5) is 18.7. The number of pyridine rings is 1. The van der Waals surface area contributed by atoms with Crippen molar-refractivity contribution >= 4 is 6.09 Å². The molecule has 2 fully saturated rings. The summed E-state index contributed by atoms with van der Waals surface area (Å²) >= 11 is 0. The molecule has 2 aliphatic heterocycles. The van der Waals surface area contributed by atoms with Gasteiger partial charge in [-0.15, -0.1) is 0 Å². The van der Waals surface area contributed by atoms with Gasteiger partial charge in [-0.05, 0) is 69.3 Å². The first-order valence-corrected chi connectivity index (χ1v) is 9.87. The number of piperidine rings is 1. The van der Waals surface area contributed by atoms with Crippen molar-refractivity contribution in [3.63, 3.8) is 0 Å². The normalized spacial score (nSPS) is 23.7. The Morgan fingerprint density at radius 3 is 3.15 bits per heavy atom. The number of rotatable bonds is 7. The number of likely N-dealkylation sites (tertiary alicyclic amines) is 1. The molecule has 2 atom stereocenters. The van der Waals surface area contributed by atoms with Crippen LogP contribution >= 0.6 is 0 Å². The van der Waals surface area contributed by atoms with Gasteiger partial charge in [0.05, 0.1) is 12.6 Å². The minimum Gasteiger partial charge on any atom is -0.448 e. The molecule has 1 aromatic rings. The van der Waals surface area contributed by atoms with Gasteiger partial charge in [-0.1, -0.05) is 6.42 Å². The fraction of sp³-hybridized carbons (Fsp3) is 0.700. The second-order valence-electron chi connectivity index (χ2n) is 7.39. The van der Waals surface area contributed by atoms with Crippen molar-refractivity contribution in [1.82, 2.24) is 15.2 Å². The van der Waals surface area contributed by atoms with E-state index in [0.29, 0.717) is 19.3 Å². The smallest absolute Gasteiger partial charge is 0.407 e. The van der Waals surface area contributed by atoms with Gasteiger partial charge in [-0.25, -0.2) is 4.79 Å². The second kappa shape index (κ2) is 9.88. The van der Waals surface area contributed by atoms with E-state index in [0.717, 1.165) is 45.4 Å². The number of aromatic nitrogens is 1. The van der Waals surface area contributed by atoms with Gasteiger partial charge in [0, 0.05) is 25.0 Å². The number of hydrogen-bond donors (Lipinski definition) is 1. The van der Waals surface area contributed by atoms with E-state index in [1.807, 2.05) is 12.4 Å². The highest BCUT2D eigenvalue weighted by Gasteiger charge is 2.24. The molecule has 3 heterocycles. The van der Waals surface area contributed by atoms with Gasteiger partial charge in [0.25, 0.3) is 0 Å². The van der Waals surface area contributed by atoms with E-state index < -0.39 is 0 Å². The fourth-order valence-electron chi connectivity index (χ4n) is 3.80. The number of nitrogens with one attached hydrogen (secondary N) is 1. The number of hydrogen-bond acceptors (Lipinski definition) is 5. The Morgan fingerprint density at radius 2 is 2.35 bits per heavy atom. The third-order valence-electron chi connectivity index (χ3n) is 5.45. The summed E-state index contributed by atoms with van der Waals surface area (Å²) in [5.74, 6) is 0. The second-order valence-corrected chi connectivity index (χ2v) is 7.39. The number of amides is 1. The minimum absolute atomic E-state index is 0.104. The molecule has 6 heteroatoms. The average Bonchev–Trinajstić information content (AvgIpc) is 3.15. The predicted molar refractivity (Wildman–Crippen MR) is 100 cm³/mol. The van der Waals surface area contributed by atoms with Crippen LogP contribution in [0.4, 0.5) is 4.79 Å². The predicted octanol–water partition coefficient (Wildman–Crippen LogP) is 2.69. The van der Waals surface area contributed by atoms with Crippen LogP contribution in [0.25, 0.3) is 0 Å². The molecule has 6 nitrogen and oxygen atoms in total. The lowest BCUT2D eigenvalue weighted by Gasteiger charge is -2.35. The molecule has 0 bridgehead atoms. The topological polar surface area (TPSA) is 63.7 Å². The van der Waals surface area contributed by atoms with Crippen molar-refractivity contribution in [2.24, 2.45) is 0 Å². The monoisotopic (exact) mass is 361 g/mol. The van der Waals surface area contributed by atoms with Crippen LogP contribution < -0.4 is 5.32 Å². The van der Waals surface area contributed by atoms with Crippen LogP contribution in [-0.4, -0.2) is 61.0 Å². The zero-order valence-corrected chi connectivity index (χ0v) is 15.8. The highest BCUT2D eigenvalue weighted by atomic mass is 16.6. The maximum Gasteiger partial charge on any atom is 0.407 e. The molecule has 26 heavy (non-hydrogen) atoms. The van der Waals surface area contributed by atoms with Crippen LogP contribution in [0.3, 0.4) is 0 Å². The molecular weight excluding hydrogens is 330 g/mol. The molecule has 1 aromatic heterocycles. The molecule has 0 radical (unpaired) electrons. The highest BCUT2D eigenvalue weighted by Crippen LogP contribution is 2.19. The van der Waals surface area contributed by atoms with E-state index >= 15 is 0 Å². The lowest BCUT2D eigenvalue weighted by molar-refractivity contribution is 0.0660. The molecule has 0 unspecified atom stereocenters. The van der Waals surface area contributed by atoms with E-state index in [9.17, 15) is 4.79 Å². The highest BCUT2D eigenvalue weighted by molar-refractivity contribution is 5.67. The van der Waals surface area contributed by atoms with E-state index in [-0.39, 0.29) is 12.1 Å². The van der Waals surface area contributed by atoms with Gasteiger partial charge < -0.3 is 14.8 Å². The van der Waals surface area contributed by atoms with Crippen LogP contribution in [0.1, 0.15) is 43.2 Å². The van der Waals surface area contributed by atoms with Gasteiger partial charge in [0.2, 0.25) is 0 Å². The van der Waals surface area contributed by atoms with Crippen LogP contribution in [-0.2, 0) is 15.9 Å². The molecule has 0 spiro atoms. The first kappa shape index (κ1) is 19.1. The zero-order chi connectivity index (χ0) is 18.2. The molecule has 0 saturated carbocycles. The van der Waals surface area contributed by atoms with Crippen molar-refractivity contribution in [3.05, 3.63) is 29.6 Å². The van der Waals surface area contributed by atoms with Crippen LogP contribution in [0.5, 0.6) is 0 Å². The number of carbonyl (C=O) groups excluding carboxylic acids is 1. The molecule has 144 valence electrons. The van der Waals surface area contributed by atoms with Gasteiger partial charge in [-0.2, -0.15) is 0 Å². The minimum atomic E-state index is -0.308. The summed E-state index contributed by atoms with van der Waals surface area (Å²) in [5.41, 5.74) is 2.64. The van der Waals surface area contributed by atoms with Gasteiger partial charge in [0.15, 0.2) is 0 Å². The largest absolute Gasteiger partial charge is 0.448 e. The Morgan fingerprint density at radius 1 is 1.42 bits per heavy atom. The number of nitrogens with zero attached hydrogens (tertiary/aromatic N) is 2. The van der Waals surface area contributed by atoms with Crippen LogP contribution in [0, 0.1) is 6.92 Å². The Kier molecular flexibility index (Phi) is 7.26. The van der Waals surface area contributed by atoms with Crippen molar-refractivity contribution < 1.29 is 14.3 Å². The van der Waals surface area contributed by atoms with Gasteiger partial charge in [-0.3, -0.25) is 9.88 Å². The third kappa shape index (κ3) is 5.68. The van der Waals surface area contributed by atoms with Gasteiger partial charge >= 0.3 is 6.09 Å². The summed E-state index contributed by atoms with van der Waals surface area (Å²) in [6, 6.07) is 2.51. The fourth-order valence-corrected chi connectivity index (χ4v) is 3.80. The number of aryl methyl sites for hydroxylation is 2. The number of carbonyl (C=O) groups is 1. The molecule has 1 N–H and O–H groups in total. The Bertz CT molecular complexity index is 575. The maximum atomic E-state index is 12.0. The first-order valence-electron chi connectivity index (χ1n) is 9.87. The van der Waals surface area contributed by atoms with Crippen molar-refractivity contribution in [2.75, 3.05) is 32.9 Å². The molecule has 1 amide bonds. The number of ether oxygens (including phenoxy) is 2. The Labute approximate surface area is 156 Å². The summed E-state index contributed by atoms with van der Waals surface area (Å²) in [6.07, 6.45) is 10.1. The lowest BCUT2D eigenvalue weighted by atomic mass is 10.0. The van der Waals surface area contributed by atoms with Crippen molar-refractivity contribution in [1.29, 1.82) is 0 Å². The molecular formula is C20H31N3O3. The van der Waals surface area contributed by atoms with Crippen LogP contribution in [0.2, 0.25) is 0 Å². The van der Waals surface area contributed by atoms with Gasteiger partial charge in [0.1, 0.15) is 6.61 Å². The summed E-state index contributed by atoms with van der Waals surface area (Å²) in [5, 5.41) is 2.89. The SMILES string of the molecule is Cc1ccncc1CCCN1CCCC[C@H]1COC(=O)N[C@H]1CCOC1. The molecule has 2 saturated heterocycles. The lowest BCUT2D eigenvalue weighted by Crippen LogP contribution is -2.45. The third-order valence-corrected chi connectivity index (χ3v) is 5.45.